The molecule has 1 aromatic heterocycles. The number of nitrogens with zero attached hydrogens (tertiary/aromatic N) is 1. The highest BCUT2D eigenvalue weighted by Gasteiger charge is 2.16. The van der Waals surface area contributed by atoms with Crippen LogP contribution in [-0.2, 0) is 11.2 Å². The average Bonchev–Trinajstić information content (AvgIpc) is 3.18. The van der Waals surface area contributed by atoms with E-state index in [1.54, 1.807) is 0 Å². The van der Waals surface area contributed by atoms with Crippen LogP contribution < -0.4 is 0 Å². The maximum atomic E-state index is 10.5. The van der Waals surface area contributed by atoms with Crippen LogP contribution in [0.3, 0.4) is 0 Å². The topological polar surface area (TPSA) is 63.3 Å². The lowest BCUT2D eigenvalue weighted by Crippen LogP contribution is -1.93. The number of oxazole rings is 1. The molecule has 0 fully saturated rings. The lowest BCUT2D eigenvalue weighted by atomic mass is 10.1. The summed E-state index contributed by atoms with van der Waals surface area (Å²) in [5, 5.41) is 8.65. The summed E-state index contributed by atoms with van der Waals surface area (Å²) in [4.78, 5) is 15.3. The summed E-state index contributed by atoms with van der Waals surface area (Å²) < 4.78 is 6.17. The fourth-order valence-corrected chi connectivity index (χ4v) is 3.48. The van der Waals surface area contributed by atoms with Gasteiger partial charge in [-0.15, -0.1) is 0 Å². The van der Waals surface area contributed by atoms with E-state index < -0.39 is 5.97 Å². The maximum absolute atomic E-state index is 10.5. The molecular weight excluding hydrogens is 362 g/mol. The Balaban J connectivity index is 1.53. The molecule has 3 aromatic rings. The predicted octanol–water partition coefficient (Wildman–Crippen LogP) is 6.76. The number of aryl methyl sites for hydroxylation is 1. The molecule has 0 aliphatic rings. The van der Waals surface area contributed by atoms with Crippen LogP contribution >= 0.6 is 0 Å². The number of carboxylic acid groups (broad SMARTS) is 1. The van der Waals surface area contributed by atoms with Gasteiger partial charge in [-0.05, 0) is 12.8 Å². The largest absolute Gasteiger partial charge is 0.481 e. The van der Waals surface area contributed by atoms with E-state index >= 15 is 0 Å². The van der Waals surface area contributed by atoms with Gasteiger partial charge in [0.05, 0.1) is 0 Å². The maximum Gasteiger partial charge on any atom is 0.303 e. The minimum Gasteiger partial charge on any atom is -0.481 e. The monoisotopic (exact) mass is 391 g/mol. The molecule has 0 atom stereocenters. The molecule has 152 valence electrons. The molecule has 29 heavy (non-hydrogen) atoms. The molecule has 0 unspecified atom stereocenters. The fourth-order valence-electron chi connectivity index (χ4n) is 3.48. The number of rotatable bonds is 12. The van der Waals surface area contributed by atoms with Gasteiger partial charge in [-0.3, -0.25) is 4.79 Å². The number of carbonyl (C=O) groups is 1. The highest BCUT2D eigenvalue weighted by atomic mass is 16.4. The number of carboxylic acids is 1. The molecule has 0 aliphatic heterocycles. The van der Waals surface area contributed by atoms with Crippen LogP contribution in [0.2, 0.25) is 0 Å². The van der Waals surface area contributed by atoms with Gasteiger partial charge < -0.3 is 9.52 Å². The Hall–Kier alpha value is -2.88. The van der Waals surface area contributed by atoms with Crippen molar-refractivity contribution in [1.82, 2.24) is 4.98 Å². The third kappa shape index (κ3) is 6.60. The summed E-state index contributed by atoms with van der Waals surface area (Å²) in [6.07, 6.45) is 8.57. The summed E-state index contributed by atoms with van der Waals surface area (Å²) in [5.74, 6) is 0.940. The van der Waals surface area contributed by atoms with E-state index in [0.717, 1.165) is 73.4 Å². The van der Waals surface area contributed by atoms with Gasteiger partial charge in [0.15, 0.2) is 11.7 Å². The van der Waals surface area contributed by atoms with Crippen molar-refractivity contribution in [3.8, 4) is 22.6 Å². The van der Waals surface area contributed by atoms with Crippen LogP contribution in [0.15, 0.2) is 65.1 Å². The van der Waals surface area contributed by atoms with Crippen LogP contribution in [-0.4, -0.2) is 16.1 Å². The highest BCUT2D eigenvalue weighted by Crippen LogP contribution is 2.33. The number of unbranched alkanes of at least 4 members (excludes halogenated alkanes) is 6. The summed E-state index contributed by atoms with van der Waals surface area (Å²) in [6, 6.07) is 20.3. The van der Waals surface area contributed by atoms with Crippen LogP contribution in [0.1, 0.15) is 57.3 Å². The Morgan fingerprint density at radius 1 is 0.759 bits per heavy atom. The minimum absolute atomic E-state index is 0.289. The number of hydrogen-bond donors (Lipinski definition) is 1. The van der Waals surface area contributed by atoms with Crippen LogP contribution in [0.25, 0.3) is 22.6 Å². The Labute approximate surface area is 172 Å². The zero-order valence-corrected chi connectivity index (χ0v) is 16.8. The van der Waals surface area contributed by atoms with Crippen molar-refractivity contribution in [1.29, 1.82) is 0 Å². The van der Waals surface area contributed by atoms with E-state index in [2.05, 4.69) is 24.3 Å². The third-order valence-electron chi connectivity index (χ3n) is 5.04. The fraction of sp³-hybridized carbons (Fsp3) is 0.360. The number of aromatic nitrogens is 1. The first-order valence-electron chi connectivity index (χ1n) is 10.6. The molecule has 4 nitrogen and oxygen atoms in total. The second-order valence-electron chi connectivity index (χ2n) is 7.39. The van der Waals surface area contributed by atoms with Crippen molar-refractivity contribution in [2.24, 2.45) is 0 Å². The number of hydrogen-bond acceptors (Lipinski definition) is 3. The molecule has 4 heteroatoms. The Morgan fingerprint density at radius 3 is 1.93 bits per heavy atom. The van der Waals surface area contributed by atoms with E-state index in [9.17, 15) is 4.79 Å². The van der Waals surface area contributed by atoms with Gasteiger partial charge in [-0.2, -0.15) is 0 Å². The van der Waals surface area contributed by atoms with Crippen LogP contribution in [0.4, 0.5) is 0 Å². The van der Waals surface area contributed by atoms with Crippen molar-refractivity contribution < 1.29 is 14.3 Å². The van der Waals surface area contributed by atoms with Gasteiger partial charge >= 0.3 is 5.97 Å². The third-order valence-corrected chi connectivity index (χ3v) is 5.04. The molecule has 3 rings (SSSR count). The molecule has 1 heterocycles. The number of benzene rings is 2. The van der Waals surface area contributed by atoms with Gasteiger partial charge in [0.2, 0.25) is 0 Å². The van der Waals surface area contributed by atoms with Gasteiger partial charge in [-0.1, -0.05) is 92.8 Å². The lowest BCUT2D eigenvalue weighted by Gasteiger charge is -2.01. The first-order chi connectivity index (χ1) is 14.2. The summed E-state index contributed by atoms with van der Waals surface area (Å²) in [7, 11) is 0. The standard InChI is InChI=1S/C25H29NO3/c27-23(28)19-13-5-3-1-2-4-12-18-22-26-24(20-14-8-6-9-15-20)25(29-22)21-16-10-7-11-17-21/h6-11,14-17H,1-5,12-13,18-19H2,(H,27,28). The second-order valence-corrected chi connectivity index (χ2v) is 7.39. The SMILES string of the molecule is O=C(O)CCCCCCCCCc1nc(-c2ccccc2)c(-c2ccccc2)o1. The summed E-state index contributed by atoms with van der Waals surface area (Å²) in [6.45, 7) is 0. The van der Waals surface area contributed by atoms with E-state index in [1.807, 2.05) is 36.4 Å². The van der Waals surface area contributed by atoms with E-state index in [4.69, 9.17) is 14.5 Å². The molecule has 2 aromatic carbocycles. The Kier molecular flexibility index (Phi) is 8.05. The first-order valence-corrected chi connectivity index (χ1v) is 10.6. The average molecular weight is 392 g/mol. The normalized spacial score (nSPS) is 10.9. The Bertz CT molecular complexity index is 815. The molecule has 0 saturated carbocycles. The Morgan fingerprint density at radius 2 is 1.31 bits per heavy atom. The highest BCUT2D eigenvalue weighted by molar-refractivity contribution is 5.76. The van der Waals surface area contributed by atoms with E-state index in [-0.39, 0.29) is 6.42 Å². The molecule has 0 spiro atoms. The van der Waals surface area contributed by atoms with Crippen molar-refractivity contribution >= 4 is 5.97 Å². The van der Waals surface area contributed by atoms with Crippen molar-refractivity contribution in [3.05, 3.63) is 66.6 Å². The minimum atomic E-state index is -0.694. The lowest BCUT2D eigenvalue weighted by molar-refractivity contribution is -0.137. The molecule has 1 N–H and O–H groups in total. The summed E-state index contributed by atoms with van der Waals surface area (Å²) >= 11 is 0. The predicted molar refractivity (Wildman–Crippen MR) is 116 cm³/mol. The van der Waals surface area contributed by atoms with Gasteiger partial charge in [-0.25, -0.2) is 4.98 Å². The van der Waals surface area contributed by atoms with E-state index in [1.165, 1.54) is 6.42 Å². The molecule has 0 saturated heterocycles. The second kappa shape index (κ2) is 11.2. The zero-order valence-electron chi connectivity index (χ0n) is 16.8. The van der Waals surface area contributed by atoms with Crippen LogP contribution in [0.5, 0.6) is 0 Å². The van der Waals surface area contributed by atoms with Crippen LogP contribution in [0, 0.1) is 0 Å². The van der Waals surface area contributed by atoms with Crippen molar-refractivity contribution in [3.63, 3.8) is 0 Å². The zero-order chi connectivity index (χ0) is 20.3. The molecular formula is C25H29NO3. The molecule has 0 amide bonds. The van der Waals surface area contributed by atoms with Gasteiger partial charge in [0, 0.05) is 24.0 Å². The quantitative estimate of drug-likeness (QED) is 0.347. The van der Waals surface area contributed by atoms with Crippen molar-refractivity contribution in [2.45, 2.75) is 57.8 Å². The van der Waals surface area contributed by atoms with Crippen molar-refractivity contribution in [2.75, 3.05) is 0 Å². The summed E-state index contributed by atoms with van der Waals surface area (Å²) in [5.41, 5.74) is 3.03. The molecule has 0 bridgehead atoms. The first kappa shape index (κ1) is 20.8. The van der Waals surface area contributed by atoms with Gasteiger partial charge in [0.25, 0.3) is 0 Å². The van der Waals surface area contributed by atoms with Gasteiger partial charge in [0.1, 0.15) is 5.69 Å². The van der Waals surface area contributed by atoms with E-state index in [0.29, 0.717) is 0 Å². The molecule has 0 radical (unpaired) electrons. The number of aliphatic carboxylic acids is 1. The smallest absolute Gasteiger partial charge is 0.303 e. The molecule has 0 aliphatic carbocycles.